The number of anilines is 1. The molecular weight excluding hydrogens is 357 g/mol. The highest BCUT2D eigenvalue weighted by molar-refractivity contribution is 6.05. The smallest absolute Gasteiger partial charge is 0.322 e. The van der Waals surface area contributed by atoms with Crippen LogP contribution < -0.4 is 10.9 Å². The molecular formula is C20H17F3N2O2. The molecule has 0 aliphatic heterocycles. The summed E-state index contributed by atoms with van der Waals surface area (Å²) in [5, 5.41) is 3.42. The van der Waals surface area contributed by atoms with E-state index in [4.69, 9.17) is 0 Å². The summed E-state index contributed by atoms with van der Waals surface area (Å²) in [4.78, 5) is 27.2. The van der Waals surface area contributed by atoms with Crippen LogP contribution in [0.4, 0.5) is 18.9 Å². The normalized spacial score (nSPS) is 11.6. The van der Waals surface area contributed by atoms with Gasteiger partial charge in [0.1, 0.15) is 0 Å². The second kappa shape index (κ2) is 6.90. The molecule has 0 saturated carbocycles. The first-order chi connectivity index (χ1) is 12.7. The number of hydrogen-bond donors (Lipinski definition) is 2. The number of nitrogens with one attached hydrogen (secondary N) is 2. The Kier molecular flexibility index (Phi) is 4.78. The summed E-state index contributed by atoms with van der Waals surface area (Å²) >= 11 is 0. The minimum Gasteiger partial charge on any atom is -0.322 e. The lowest BCUT2D eigenvalue weighted by Gasteiger charge is -2.11. The van der Waals surface area contributed by atoms with Gasteiger partial charge in [-0.2, -0.15) is 13.2 Å². The van der Waals surface area contributed by atoms with E-state index in [0.717, 1.165) is 23.1 Å². The fourth-order valence-electron chi connectivity index (χ4n) is 3.05. The minimum atomic E-state index is -4.52. The Hall–Kier alpha value is -3.09. The van der Waals surface area contributed by atoms with Crippen molar-refractivity contribution in [1.29, 1.82) is 0 Å². The van der Waals surface area contributed by atoms with Crippen molar-refractivity contribution >= 4 is 22.5 Å². The van der Waals surface area contributed by atoms with Gasteiger partial charge >= 0.3 is 6.18 Å². The van der Waals surface area contributed by atoms with Gasteiger partial charge in [0.05, 0.1) is 11.1 Å². The summed E-state index contributed by atoms with van der Waals surface area (Å²) in [7, 11) is 0. The van der Waals surface area contributed by atoms with Gasteiger partial charge in [0.25, 0.3) is 11.5 Å². The Bertz CT molecular complexity index is 1080. The molecule has 0 aliphatic carbocycles. The van der Waals surface area contributed by atoms with E-state index in [9.17, 15) is 22.8 Å². The molecule has 3 aromatic rings. The molecule has 1 amide bonds. The fraction of sp³-hybridized carbons (Fsp3) is 0.200. The lowest BCUT2D eigenvalue weighted by Crippen LogP contribution is -2.15. The van der Waals surface area contributed by atoms with Crippen molar-refractivity contribution < 1.29 is 18.0 Å². The number of carbonyl (C=O) groups is 1. The Morgan fingerprint density at radius 2 is 1.89 bits per heavy atom. The number of H-pyrrole nitrogens is 1. The van der Waals surface area contributed by atoms with Crippen LogP contribution in [0.15, 0.2) is 47.3 Å². The van der Waals surface area contributed by atoms with E-state index < -0.39 is 17.6 Å². The Morgan fingerprint density at radius 1 is 1.15 bits per heavy atom. The van der Waals surface area contributed by atoms with E-state index in [2.05, 4.69) is 10.3 Å². The summed E-state index contributed by atoms with van der Waals surface area (Å²) in [5.41, 5.74) is 1.32. The number of aromatic nitrogens is 1. The maximum absolute atomic E-state index is 12.8. The van der Waals surface area contributed by atoms with Crippen LogP contribution in [0.5, 0.6) is 0 Å². The first kappa shape index (κ1) is 18.7. The van der Waals surface area contributed by atoms with Gasteiger partial charge in [0, 0.05) is 22.2 Å². The van der Waals surface area contributed by atoms with Gasteiger partial charge < -0.3 is 10.3 Å². The van der Waals surface area contributed by atoms with Crippen LogP contribution >= 0.6 is 0 Å². The molecule has 0 spiro atoms. The number of alkyl halides is 3. The standard InChI is InChI=1S/C20H17F3N2O2/c1-3-15-11(2)16-8-7-14(10-17(16)25-19(15)27)24-18(26)12-5-4-6-13(9-12)20(21,22)23/h4-10H,3H2,1-2H3,(H,24,26)(H,25,27). The van der Waals surface area contributed by atoms with Crippen molar-refractivity contribution in [1.82, 2.24) is 4.98 Å². The molecule has 140 valence electrons. The molecule has 0 radical (unpaired) electrons. The van der Waals surface area contributed by atoms with Crippen LogP contribution in [0.2, 0.25) is 0 Å². The number of fused-ring (bicyclic) bond motifs is 1. The van der Waals surface area contributed by atoms with Gasteiger partial charge in [-0.3, -0.25) is 9.59 Å². The summed E-state index contributed by atoms with van der Waals surface area (Å²) in [6, 6.07) is 9.22. The van der Waals surface area contributed by atoms with Crippen LogP contribution in [0.25, 0.3) is 10.9 Å². The van der Waals surface area contributed by atoms with Crippen LogP contribution in [-0.4, -0.2) is 10.9 Å². The Balaban J connectivity index is 1.93. The first-order valence-electron chi connectivity index (χ1n) is 8.35. The predicted molar refractivity (Wildman–Crippen MR) is 98.1 cm³/mol. The lowest BCUT2D eigenvalue weighted by atomic mass is 10.0. The maximum atomic E-state index is 12.8. The van der Waals surface area contributed by atoms with E-state index in [-0.39, 0.29) is 11.1 Å². The number of aryl methyl sites for hydroxylation is 1. The molecule has 0 atom stereocenters. The third-order valence-corrected chi connectivity index (χ3v) is 4.46. The molecule has 4 nitrogen and oxygen atoms in total. The van der Waals surface area contributed by atoms with E-state index in [1.54, 1.807) is 18.2 Å². The molecule has 1 aromatic heterocycles. The molecule has 0 fully saturated rings. The zero-order valence-corrected chi connectivity index (χ0v) is 14.7. The third-order valence-electron chi connectivity index (χ3n) is 4.46. The van der Waals surface area contributed by atoms with E-state index in [0.29, 0.717) is 23.2 Å². The van der Waals surface area contributed by atoms with Gasteiger partial charge in [0.2, 0.25) is 0 Å². The molecule has 2 N–H and O–H groups in total. The van der Waals surface area contributed by atoms with Gasteiger partial charge in [-0.15, -0.1) is 0 Å². The topological polar surface area (TPSA) is 62.0 Å². The highest BCUT2D eigenvalue weighted by atomic mass is 19.4. The zero-order valence-electron chi connectivity index (χ0n) is 14.7. The highest BCUT2D eigenvalue weighted by Gasteiger charge is 2.30. The summed E-state index contributed by atoms with van der Waals surface area (Å²) in [6.07, 6.45) is -3.92. The average molecular weight is 374 g/mol. The molecule has 0 bridgehead atoms. The largest absolute Gasteiger partial charge is 0.416 e. The van der Waals surface area contributed by atoms with E-state index in [1.807, 2.05) is 13.8 Å². The van der Waals surface area contributed by atoms with Crippen LogP contribution in [0.1, 0.15) is 34.0 Å². The second-order valence-electron chi connectivity index (χ2n) is 6.20. The first-order valence-corrected chi connectivity index (χ1v) is 8.35. The number of amides is 1. The molecule has 1 heterocycles. The number of carbonyl (C=O) groups excluding carboxylic acids is 1. The van der Waals surface area contributed by atoms with Crippen LogP contribution in [0.3, 0.4) is 0 Å². The Labute approximate surface area is 153 Å². The van der Waals surface area contributed by atoms with Crippen molar-refractivity contribution in [3.63, 3.8) is 0 Å². The molecule has 0 saturated heterocycles. The van der Waals surface area contributed by atoms with Crippen molar-refractivity contribution in [2.24, 2.45) is 0 Å². The summed E-state index contributed by atoms with van der Waals surface area (Å²) in [6.45, 7) is 3.75. The average Bonchev–Trinajstić information content (AvgIpc) is 2.61. The molecule has 27 heavy (non-hydrogen) atoms. The second-order valence-corrected chi connectivity index (χ2v) is 6.20. The Morgan fingerprint density at radius 3 is 2.56 bits per heavy atom. The zero-order chi connectivity index (χ0) is 19.8. The predicted octanol–water partition coefficient (Wildman–Crippen LogP) is 4.67. The quantitative estimate of drug-likeness (QED) is 0.700. The number of aromatic amines is 1. The minimum absolute atomic E-state index is 0.101. The maximum Gasteiger partial charge on any atom is 0.416 e. The molecule has 3 rings (SSSR count). The summed E-state index contributed by atoms with van der Waals surface area (Å²) in [5.74, 6) is -0.662. The SMILES string of the molecule is CCc1c(C)c2ccc(NC(=O)c3cccc(C(F)(F)F)c3)cc2[nH]c1=O. The molecule has 7 heteroatoms. The fourth-order valence-corrected chi connectivity index (χ4v) is 3.05. The molecule has 0 aliphatic rings. The van der Waals surface area contributed by atoms with Crippen molar-refractivity contribution in [3.8, 4) is 0 Å². The van der Waals surface area contributed by atoms with Gasteiger partial charge in [-0.1, -0.05) is 19.1 Å². The monoisotopic (exact) mass is 374 g/mol. The number of halogens is 3. The van der Waals surface area contributed by atoms with Crippen LogP contribution in [-0.2, 0) is 12.6 Å². The number of hydrogen-bond acceptors (Lipinski definition) is 2. The third kappa shape index (κ3) is 3.72. The van der Waals surface area contributed by atoms with Gasteiger partial charge in [0.15, 0.2) is 0 Å². The molecule has 0 unspecified atom stereocenters. The lowest BCUT2D eigenvalue weighted by molar-refractivity contribution is -0.137. The van der Waals surface area contributed by atoms with Crippen molar-refractivity contribution in [2.45, 2.75) is 26.4 Å². The van der Waals surface area contributed by atoms with Gasteiger partial charge in [-0.05, 0) is 49.2 Å². The highest BCUT2D eigenvalue weighted by Crippen LogP contribution is 2.30. The number of pyridine rings is 1. The number of rotatable bonds is 3. The summed E-state index contributed by atoms with van der Waals surface area (Å²) < 4.78 is 38.4. The van der Waals surface area contributed by atoms with E-state index >= 15 is 0 Å². The van der Waals surface area contributed by atoms with Gasteiger partial charge in [-0.25, -0.2) is 0 Å². The van der Waals surface area contributed by atoms with E-state index in [1.165, 1.54) is 12.1 Å². The van der Waals surface area contributed by atoms with Crippen LogP contribution in [0, 0.1) is 6.92 Å². The number of benzene rings is 2. The molecule has 2 aromatic carbocycles. The van der Waals surface area contributed by atoms with Crippen molar-refractivity contribution in [2.75, 3.05) is 5.32 Å². The van der Waals surface area contributed by atoms with Crippen molar-refractivity contribution in [3.05, 3.63) is 75.1 Å².